The van der Waals surface area contributed by atoms with Crippen molar-refractivity contribution in [1.82, 2.24) is 4.98 Å². The molecule has 6 nitrogen and oxygen atoms in total. The van der Waals surface area contributed by atoms with Crippen molar-refractivity contribution in [1.29, 1.82) is 0 Å². The molecule has 1 aliphatic carbocycles. The Morgan fingerprint density at radius 1 is 1.05 bits per heavy atom. The van der Waals surface area contributed by atoms with Gasteiger partial charge in [0.2, 0.25) is 0 Å². The number of benzene rings is 2. The van der Waals surface area contributed by atoms with Gasteiger partial charge >= 0.3 is 5.97 Å². The van der Waals surface area contributed by atoms with Gasteiger partial charge in [-0.2, -0.15) is 0 Å². The quantitative estimate of drug-likeness (QED) is 0.122. The lowest BCUT2D eigenvalue weighted by molar-refractivity contribution is -0.137. The lowest BCUT2D eigenvalue weighted by Gasteiger charge is -2.14. The number of aldehydes is 1. The lowest BCUT2D eigenvalue weighted by Crippen LogP contribution is -2.13. The third-order valence-corrected chi connectivity index (χ3v) is 7.22. The van der Waals surface area contributed by atoms with E-state index in [9.17, 15) is 9.59 Å². The second-order valence-electron chi connectivity index (χ2n) is 9.34. The smallest absolute Gasteiger partial charge is 0.330 e. The highest BCUT2D eigenvalue weighted by Crippen LogP contribution is 2.23. The molecule has 7 heteroatoms. The third kappa shape index (κ3) is 11.4. The van der Waals surface area contributed by atoms with Crippen LogP contribution in [-0.2, 0) is 27.4 Å². The molecule has 1 heterocycles. The van der Waals surface area contributed by atoms with E-state index in [1.807, 2.05) is 66.1 Å². The normalized spacial score (nSPS) is 14.5. The fourth-order valence-corrected chi connectivity index (χ4v) is 4.89. The third-order valence-electron chi connectivity index (χ3n) is 6.22. The van der Waals surface area contributed by atoms with E-state index in [2.05, 4.69) is 4.98 Å². The highest BCUT2D eigenvalue weighted by atomic mass is 32.1. The number of allylic oxidation sites excluding steroid dienone is 2. The van der Waals surface area contributed by atoms with Crippen LogP contribution in [0.5, 0.6) is 5.75 Å². The molecular formula is C32H38N2O4S. The van der Waals surface area contributed by atoms with Crippen LogP contribution in [0.15, 0.2) is 78.2 Å². The first-order valence-electron chi connectivity index (χ1n) is 13.5. The van der Waals surface area contributed by atoms with Gasteiger partial charge in [-0.1, -0.05) is 73.9 Å². The van der Waals surface area contributed by atoms with Gasteiger partial charge in [0.05, 0.1) is 18.3 Å². The molecule has 206 valence electrons. The predicted molar refractivity (Wildman–Crippen MR) is 157 cm³/mol. The molecule has 1 aromatic heterocycles. The fraction of sp³-hybridized carbons (Fsp3) is 0.344. The fourth-order valence-electron chi connectivity index (χ4n) is 4.10. The molecule has 0 spiro atoms. The van der Waals surface area contributed by atoms with Crippen molar-refractivity contribution >= 4 is 29.7 Å². The van der Waals surface area contributed by atoms with E-state index in [1.54, 1.807) is 19.1 Å². The molecule has 3 aromatic rings. The van der Waals surface area contributed by atoms with E-state index >= 15 is 0 Å². The SMILES string of the molecule is CCOC(=O)/C=C\C=C\c1csc(C(N)Cc2ccc(OCc3ccccc3)cc2)n1.O=CC1CCCCC1. The minimum Gasteiger partial charge on any atom is -0.489 e. The van der Waals surface area contributed by atoms with E-state index in [4.69, 9.17) is 15.2 Å². The molecule has 0 aliphatic heterocycles. The van der Waals surface area contributed by atoms with E-state index in [0.29, 0.717) is 25.6 Å². The van der Waals surface area contributed by atoms with E-state index < -0.39 is 0 Å². The van der Waals surface area contributed by atoms with Gasteiger partial charge in [-0.3, -0.25) is 0 Å². The van der Waals surface area contributed by atoms with E-state index in [0.717, 1.165) is 46.7 Å². The highest BCUT2D eigenvalue weighted by molar-refractivity contribution is 7.09. The Labute approximate surface area is 235 Å². The average Bonchev–Trinajstić information content (AvgIpc) is 3.46. The minimum atomic E-state index is -0.357. The van der Waals surface area contributed by atoms with E-state index in [-0.39, 0.29) is 12.0 Å². The minimum absolute atomic E-state index is 0.182. The summed E-state index contributed by atoms with van der Waals surface area (Å²) in [7, 11) is 0. The molecule has 2 aromatic carbocycles. The van der Waals surface area contributed by atoms with Crippen LogP contribution in [0.1, 0.15) is 66.9 Å². The van der Waals surface area contributed by atoms with Crippen molar-refractivity contribution in [2.24, 2.45) is 11.7 Å². The Morgan fingerprint density at radius 2 is 1.79 bits per heavy atom. The van der Waals surface area contributed by atoms with Crippen LogP contribution in [0.4, 0.5) is 0 Å². The zero-order chi connectivity index (χ0) is 27.7. The van der Waals surface area contributed by atoms with Crippen molar-refractivity contribution in [3.63, 3.8) is 0 Å². The number of hydrogen-bond donors (Lipinski definition) is 1. The molecule has 0 bridgehead atoms. The first-order valence-corrected chi connectivity index (χ1v) is 14.4. The van der Waals surface area contributed by atoms with Crippen molar-refractivity contribution in [3.8, 4) is 5.75 Å². The summed E-state index contributed by atoms with van der Waals surface area (Å²) in [5, 5.41) is 2.82. The van der Waals surface area contributed by atoms with Gasteiger partial charge in [-0.25, -0.2) is 9.78 Å². The van der Waals surface area contributed by atoms with Gasteiger partial charge in [-0.05, 0) is 55.5 Å². The summed E-state index contributed by atoms with van der Waals surface area (Å²) < 4.78 is 10.7. The Kier molecular flexibility index (Phi) is 13.2. The molecule has 39 heavy (non-hydrogen) atoms. The van der Waals surface area contributed by atoms with Gasteiger partial charge in [0, 0.05) is 17.4 Å². The predicted octanol–water partition coefficient (Wildman–Crippen LogP) is 6.86. The lowest BCUT2D eigenvalue weighted by atomic mass is 9.91. The number of nitrogens with zero attached hydrogens (tertiary/aromatic N) is 1. The van der Waals surface area contributed by atoms with Crippen LogP contribution in [0.3, 0.4) is 0 Å². The zero-order valence-corrected chi connectivity index (χ0v) is 23.4. The maximum Gasteiger partial charge on any atom is 0.330 e. The summed E-state index contributed by atoms with van der Waals surface area (Å²) in [5.41, 5.74) is 9.44. The van der Waals surface area contributed by atoms with Crippen LogP contribution in [0.25, 0.3) is 6.08 Å². The Hall–Kier alpha value is -3.55. The van der Waals surface area contributed by atoms with E-state index in [1.165, 1.54) is 36.7 Å². The summed E-state index contributed by atoms with van der Waals surface area (Å²) in [6.07, 6.45) is 14.6. The summed E-state index contributed by atoms with van der Waals surface area (Å²) in [6.45, 7) is 2.68. The molecule has 2 N–H and O–H groups in total. The molecule has 1 unspecified atom stereocenters. The monoisotopic (exact) mass is 546 g/mol. The number of nitrogens with two attached hydrogens (primary N) is 1. The topological polar surface area (TPSA) is 91.5 Å². The van der Waals surface area contributed by atoms with Crippen molar-refractivity contribution in [2.75, 3.05) is 6.61 Å². The first kappa shape index (κ1) is 30.0. The Bertz CT molecular complexity index is 1180. The van der Waals surface area contributed by atoms with Gasteiger partial charge in [-0.15, -0.1) is 11.3 Å². The molecule has 0 amide bonds. The summed E-state index contributed by atoms with van der Waals surface area (Å²) in [4.78, 5) is 26.0. The van der Waals surface area contributed by atoms with Gasteiger partial charge in [0.15, 0.2) is 0 Å². The second kappa shape index (κ2) is 17.1. The Balaban J connectivity index is 0.000000449. The second-order valence-corrected chi connectivity index (χ2v) is 10.2. The number of carbonyl (C=O) groups excluding carboxylic acids is 2. The number of ether oxygens (including phenoxy) is 2. The number of aromatic nitrogens is 1. The molecule has 0 saturated heterocycles. The molecule has 1 saturated carbocycles. The molecule has 1 fully saturated rings. The molecule has 1 atom stereocenters. The first-order chi connectivity index (χ1) is 19.1. The maximum atomic E-state index is 11.3. The number of rotatable bonds is 11. The summed E-state index contributed by atoms with van der Waals surface area (Å²) in [5.74, 6) is 0.882. The summed E-state index contributed by atoms with van der Waals surface area (Å²) in [6, 6.07) is 17.9. The summed E-state index contributed by atoms with van der Waals surface area (Å²) >= 11 is 1.53. The number of esters is 1. The van der Waals surface area contributed by atoms with Crippen molar-refractivity contribution in [2.45, 2.75) is 58.1 Å². The van der Waals surface area contributed by atoms with Crippen LogP contribution in [0.2, 0.25) is 0 Å². The van der Waals surface area contributed by atoms with Gasteiger partial charge < -0.3 is 20.0 Å². The van der Waals surface area contributed by atoms with Gasteiger partial charge in [0.1, 0.15) is 23.7 Å². The Morgan fingerprint density at radius 3 is 2.46 bits per heavy atom. The molecular weight excluding hydrogens is 508 g/mol. The zero-order valence-electron chi connectivity index (χ0n) is 22.5. The molecule has 1 aliphatic rings. The van der Waals surface area contributed by atoms with Crippen molar-refractivity contribution in [3.05, 3.63) is 100 Å². The van der Waals surface area contributed by atoms with Crippen LogP contribution in [0, 0.1) is 5.92 Å². The van der Waals surface area contributed by atoms with Gasteiger partial charge in [0.25, 0.3) is 0 Å². The highest BCUT2D eigenvalue weighted by Gasteiger charge is 2.12. The number of hydrogen-bond acceptors (Lipinski definition) is 7. The maximum absolute atomic E-state index is 11.3. The largest absolute Gasteiger partial charge is 0.489 e. The van der Waals surface area contributed by atoms with Crippen LogP contribution < -0.4 is 10.5 Å². The molecule has 4 rings (SSSR count). The number of thiazole rings is 1. The van der Waals surface area contributed by atoms with Crippen LogP contribution >= 0.6 is 11.3 Å². The number of carbonyl (C=O) groups is 2. The molecule has 0 radical (unpaired) electrons. The van der Waals surface area contributed by atoms with Crippen molar-refractivity contribution < 1.29 is 19.1 Å². The van der Waals surface area contributed by atoms with Crippen LogP contribution in [-0.4, -0.2) is 23.8 Å². The average molecular weight is 547 g/mol. The standard InChI is InChI=1S/C25H26N2O3S.C7H12O/c1-2-29-24(28)11-7-6-10-21-18-31-25(27-21)23(26)16-19-12-14-22(15-13-19)30-17-20-8-4-3-5-9-20;8-6-7-4-2-1-3-5-7/h3-15,18,23H,2,16-17,26H2,1H3;6-7H,1-5H2/b10-6+,11-7-;.